The summed E-state index contributed by atoms with van der Waals surface area (Å²) in [7, 11) is 0. The number of rotatable bonds is 0. The molecular weight excluding hydrogens is 152 g/mol. The Balaban J connectivity index is 0.000000336. The molecule has 0 aromatic carbocycles. The van der Waals surface area contributed by atoms with E-state index in [1.54, 1.807) is 0 Å². The minimum absolute atomic E-state index is 0.117. The van der Waals surface area contributed by atoms with E-state index in [1.165, 1.54) is 0 Å². The van der Waals surface area contributed by atoms with Crippen LogP contribution in [0.2, 0.25) is 0 Å². The van der Waals surface area contributed by atoms with Crippen molar-refractivity contribution in [1.29, 1.82) is 0 Å². The van der Waals surface area contributed by atoms with Crippen molar-refractivity contribution in [2.24, 2.45) is 11.8 Å². The molecule has 0 heterocycles. The highest BCUT2D eigenvalue weighted by Crippen LogP contribution is 2.36. The second kappa shape index (κ2) is 3.65. The highest BCUT2D eigenvalue weighted by Gasteiger charge is 2.40. The molecule has 0 saturated heterocycles. The summed E-state index contributed by atoms with van der Waals surface area (Å²) < 4.78 is 0. The zero-order valence-electron chi connectivity index (χ0n) is 7.21. The van der Waals surface area contributed by atoms with Crippen LogP contribution in [-0.4, -0.2) is 11.6 Å². The number of hydrogen-bond acceptors (Lipinski definition) is 2. The quantitative estimate of drug-likeness (QED) is 0.514. The van der Waals surface area contributed by atoms with E-state index in [0.717, 1.165) is 12.8 Å². The summed E-state index contributed by atoms with van der Waals surface area (Å²) >= 11 is 0. The molecule has 2 aliphatic rings. The van der Waals surface area contributed by atoms with Crippen LogP contribution in [-0.2, 0) is 9.59 Å². The van der Waals surface area contributed by atoms with Gasteiger partial charge in [0.25, 0.3) is 0 Å². The molecule has 0 aromatic rings. The topological polar surface area (TPSA) is 34.1 Å². The zero-order chi connectivity index (χ0) is 9.14. The number of Topliss-reactive ketones (excluding diaryl/α,β-unsaturated/α-hetero) is 2. The molecule has 2 bridgehead atoms. The first kappa shape index (κ1) is 9.17. The van der Waals surface area contributed by atoms with Crippen LogP contribution in [0, 0.1) is 11.8 Å². The minimum atomic E-state index is 0.117. The third-order valence-corrected chi connectivity index (χ3v) is 2.62. The van der Waals surface area contributed by atoms with Gasteiger partial charge in [0.15, 0.2) is 0 Å². The van der Waals surface area contributed by atoms with E-state index in [1.807, 2.05) is 0 Å². The lowest BCUT2D eigenvalue weighted by molar-refractivity contribution is -0.134. The molecule has 2 heteroatoms. The average molecular weight is 166 g/mol. The molecule has 2 saturated carbocycles. The summed E-state index contributed by atoms with van der Waals surface area (Å²) in [6, 6.07) is 0. The summed E-state index contributed by atoms with van der Waals surface area (Å²) in [6.07, 6.45) is 3.01. The van der Waals surface area contributed by atoms with Gasteiger partial charge in [0, 0.05) is 24.7 Å². The Labute approximate surface area is 72.7 Å². The fraction of sp³-hybridized carbons (Fsp3) is 0.600. The van der Waals surface area contributed by atoms with Crippen molar-refractivity contribution in [3.05, 3.63) is 13.2 Å². The highest BCUT2D eigenvalue weighted by atomic mass is 16.1. The van der Waals surface area contributed by atoms with Gasteiger partial charge in [0.05, 0.1) is 0 Å². The molecule has 12 heavy (non-hydrogen) atoms. The number of ketones is 2. The van der Waals surface area contributed by atoms with E-state index in [9.17, 15) is 9.59 Å². The highest BCUT2D eigenvalue weighted by molar-refractivity contribution is 5.97. The van der Waals surface area contributed by atoms with Crippen LogP contribution in [0.4, 0.5) is 0 Å². The maximum Gasteiger partial charge on any atom is 0.139 e. The lowest BCUT2D eigenvalue weighted by Crippen LogP contribution is -2.25. The molecule has 0 radical (unpaired) electrons. The second-order valence-electron chi connectivity index (χ2n) is 3.32. The van der Waals surface area contributed by atoms with Crippen molar-refractivity contribution in [3.63, 3.8) is 0 Å². The van der Waals surface area contributed by atoms with Crippen LogP contribution in [0.25, 0.3) is 0 Å². The predicted molar refractivity (Wildman–Crippen MR) is 46.7 cm³/mol. The maximum absolute atomic E-state index is 11.2. The fourth-order valence-electron chi connectivity index (χ4n) is 2.06. The van der Waals surface area contributed by atoms with E-state index < -0.39 is 0 Å². The molecular formula is C10H14O2. The molecule has 0 aliphatic heterocycles. The normalized spacial score (nSPS) is 32.7. The van der Waals surface area contributed by atoms with Gasteiger partial charge in [-0.2, -0.15) is 0 Å². The Morgan fingerprint density at radius 2 is 1.42 bits per heavy atom. The van der Waals surface area contributed by atoms with Gasteiger partial charge in [-0.3, -0.25) is 9.59 Å². The van der Waals surface area contributed by atoms with Crippen LogP contribution in [0.5, 0.6) is 0 Å². The Hall–Kier alpha value is -0.920. The standard InChI is InChI=1S/C8H10O2.C2H4/c9-7-3-5-1-2-6(4-7)8(5)10;1-2/h5-6H,1-4H2;1-2H2. The van der Waals surface area contributed by atoms with Crippen molar-refractivity contribution in [2.45, 2.75) is 25.7 Å². The van der Waals surface area contributed by atoms with Crippen molar-refractivity contribution >= 4 is 11.6 Å². The summed E-state index contributed by atoms with van der Waals surface area (Å²) in [5.41, 5.74) is 0. The lowest BCUT2D eigenvalue weighted by atomic mass is 9.87. The fourth-order valence-corrected chi connectivity index (χ4v) is 2.06. The average Bonchev–Trinajstić information content (AvgIpc) is 2.35. The SMILES string of the molecule is C=C.O=C1CC2CCC(C1)C2=O. The first-order chi connectivity index (χ1) is 5.77. The molecule has 0 aromatic heterocycles. The smallest absolute Gasteiger partial charge is 0.139 e. The van der Waals surface area contributed by atoms with Crippen LogP contribution in [0.1, 0.15) is 25.7 Å². The van der Waals surface area contributed by atoms with Crippen molar-refractivity contribution < 1.29 is 9.59 Å². The van der Waals surface area contributed by atoms with Crippen LogP contribution in [0.15, 0.2) is 13.2 Å². The summed E-state index contributed by atoms with van der Waals surface area (Å²) in [5, 5.41) is 0. The van der Waals surface area contributed by atoms with Crippen LogP contribution >= 0.6 is 0 Å². The van der Waals surface area contributed by atoms with Gasteiger partial charge in [-0.25, -0.2) is 0 Å². The summed E-state index contributed by atoms with van der Waals surface area (Å²) in [4.78, 5) is 22.1. The first-order valence-corrected chi connectivity index (χ1v) is 4.33. The molecule has 0 amide bonds. The van der Waals surface area contributed by atoms with Gasteiger partial charge in [0.2, 0.25) is 0 Å². The van der Waals surface area contributed by atoms with E-state index >= 15 is 0 Å². The third kappa shape index (κ3) is 1.47. The molecule has 66 valence electrons. The largest absolute Gasteiger partial charge is 0.300 e. The van der Waals surface area contributed by atoms with Crippen molar-refractivity contribution in [1.82, 2.24) is 0 Å². The molecule has 0 N–H and O–H groups in total. The van der Waals surface area contributed by atoms with E-state index in [0.29, 0.717) is 24.4 Å². The van der Waals surface area contributed by atoms with E-state index in [-0.39, 0.29) is 11.8 Å². The van der Waals surface area contributed by atoms with E-state index in [2.05, 4.69) is 13.2 Å². The molecule has 0 spiro atoms. The third-order valence-electron chi connectivity index (χ3n) is 2.62. The number of carbonyl (C=O) groups is 2. The Kier molecular flexibility index (Phi) is 2.79. The first-order valence-electron chi connectivity index (χ1n) is 4.33. The number of fused-ring (bicyclic) bond motifs is 2. The molecule has 2 rings (SSSR count). The predicted octanol–water partition coefficient (Wildman–Crippen LogP) is 1.75. The van der Waals surface area contributed by atoms with Gasteiger partial charge < -0.3 is 0 Å². The molecule has 2 aliphatic carbocycles. The lowest BCUT2D eigenvalue weighted by Gasteiger charge is -2.15. The van der Waals surface area contributed by atoms with Gasteiger partial charge in [-0.1, -0.05) is 0 Å². The van der Waals surface area contributed by atoms with Gasteiger partial charge in [-0.15, -0.1) is 13.2 Å². The summed E-state index contributed by atoms with van der Waals surface area (Å²) in [5.74, 6) is 0.893. The second-order valence-corrected chi connectivity index (χ2v) is 3.32. The van der Waals surface area contributed by atoms with Gasteiger partial charge >= 0.3 is 0 Å². The Bertz CT molecular complexity index is 190. The monoisotopic (exact) mass is 166 g/mol. The number of hydrogen-bond donors (Lipinski definition) is 0. The zero-order valence-corrected chi connectivity index (χ0v) is 7.21. The minimum Gasteiger partial charge on any atom is -0.300 e. The molecule has 2 nitrogen and oxygen atoms in total. The molecule has 2 fully saturated rings. The van der Waals surface area contributed by atoms with Crippen molar-refractivity contribution in [3.8, 4) is 0 Å². The number of carbonyl (C=O) groups excluding carboxylic acids is 2. The van der Waals surface area contributed by atoms with Crippen LogP contribution in [0.3, 0.4) is 0 Å². The van der Waals surface area contributed by atoms with Crippen molar-refractivity contribution in [2.75, 3.05) is 0 Å². The van der Waals surface area contributed by atoms with E-state index in [4.69, 9.17) is 0 Å². The Morgan fingerprint density at radius 1 is 1.00 bits per heavy atom. The maximum atomic E-state index is 11.2. The Morgan fingerprint density at radius 3 is 1.83 bits per heavy atom. The van der Waals surface area contributed by atoms with Gasteiger partial charge in [-0.05, 0) is 12.8 Å². The summed E-state index contributed by atoms with van der Waals surface area (Å²) in [6.45, 7) is 6.00. The van der Waals surface area contributed by atoms with Crippen LogP contribution < -0.4 is 0 Å². The molecule has 2 unspecified atom stereocenters. The van der Waals surface area contributed by atoms with Gasteiger partial charge in [0.1, 0.15) is 11.6 Å². The molecule has 2 atom stereocenters.